The third-order valence-corrected chi connectivity index (χ3v) is 5.64. The van der Waals surface area contributed by atoms with E-state index in [0.717, 1.165) is 30.9 Å². The molecule has 2 heterocycles. The molecule has 2 atom stereocenters. The Morgan fingerprint density at radius 3 is 2.63 bits per heavy atom. The Kier molecular flexibility index (Phi) is 4.79. The highest BCUT2D eigenvalue weighted by Gasteiger charge is 2.43. The molecule has 4 rings (SSSR count). The van der Waals surface area contributed by atoms with Gasteiger partial charge in [-0.05, 0) is 62.8 Å². The number of rotatable bonds is 4. The van der Waals surface area contributed by atoms with Gasteiger partial charge < -0.3 is 19.3 Å². The molecule has 1 saturated heterocycles. The number of likely N-dealkylation sites (tertiary alicyclic amines) is 1. The predicted octanol–water partition coefficient (Wildman–Crippen LogP) is 3.22. The second-order valence-corrected chi connectivity index (χ2v) is 7.51. The van der Waals surface area contributed by atoms with Crippen molar-refractivity contribution >= 4 is 11.6 Å². The van der Waals surface area contributed by atoms with Gasteiger partial charge in [-0.25, -0.2) is 0 Å². The van der Waals surface area contributed by atoms with E-state index in [1.54, 1.807) is 7.11 Å². The fraction of sp³-hybridized carbons (Fsp3) is 0.409. The third-order valence-electron chi connectivity index (χ3n) is 5.64. The lowest BCUT2D eigenvalue weighted by atomic mass is 9.89. The number of likely N-dealkylation sites (N-methyl/N-ethyl adjacent to an activating group) is 1. The quantitative estimate of drug-likeness (QED) is 0.833. The van der Waals surface area contributed by atoms with Gasteiger partial charge >= 0.3 is 0 Å². The molecule has 27 heavy (non-hydrogen) atoms. The van der Waals surface area contributed by atoms with Crippen molar-refractivity contribution < 1.29 is 14.3 Å². The second-order valence-electron chi connectivity index (χ2n) is 7.51. The molecule has 0 unspecified atom stereocenters. The number of amides is 1. The van der Waals surface area contributed by atoms with Crippen molar-refractivity contribution in [3.05, 3.63) is 53.6 Å². The summed E-state index contributed by atoms with van der Waals surface area (Å²) in [7, 11) is 3.78. The number of piperidine rings is 1. The molecular weight excluding hydrogens is 340 g/mol. The summed E-state index contributed by atoms with van der Waals surface area (Å²) in [6, 6.07) is 14.0. The first-order chi connectivity index (χ1) is 13.1. The summed E-state index contributed by atoms with van der Waals surface area (Å²) in [5.74, 6) is 1.84. The van der Waals surface area contributed by atoms with E-state index in [2.05, 4.69) is 37.1 Å². The Balaban J connectivity index is 1.53. The van der Waals surface area contributed by atoms with Crippen LogP contribution in [0.25, 0.3) is 0 Å². The Hall–Kier alpha value is -2.53. The zero-order chi connectivity index (χ0) is 19.0. The van der Waals surface area contributed by atoms with Crippen LogP contribution >= 0.6 is 0 Å². The molecular formula is C22H26N2O3. The fourth-order valence-corrected chi connectivity index (χ4v) is 4.29. The van der Waals surface area contributed by atoms with Gasteiger partial charge in [-0.1, -0.05) is 17.7 Å². The maximum Gasteiger partial charge on any atom is 0.265 e. The first kappa shape index (κ1) is 17.9. The van der Waals surface area contributed by atoms with Gasteiger partial charge in [0.1, 0.15) is 11.5 Å². The minimum absolute atomic E-state index is 0.0213. The number of nitrogens with zero attached hydrogens (tertiary/aromatic N) is 2. The van der Waals surface area contributed by atoms with Crippen molar-refractivity contribution in [3.8, 4) is 11.5 Å². The molecule has 0 bridgehead atoms. The van der Waals surface area contributed by atoms with Crippen LogP contribution < -0.4 is 14.4 Å². The molecule has 5 nitrogen and oxygen atoms in total. The monoisotopic (exact) mass is 366 g/mol. The minimum atomic E-state index is 0.0213. The fourth-order valence-electron chi connectivity index (χ4n) is 4.29. The van der Waals surface area contributed by atoms with Crippen LogP contribution in [0.4, 0.5) is 5.69 Å². The maximum absolute atomic E-state index is 13.1. The lowest BCUT2D eigenvalue weighted by molar-refractivity contribution is -0.121. The Morgan fingerprint density at radius 1 is 1.15 bits per heavy atom. The van der Waals surface area contributed by atoms with Gasteiger partial charge in [-0.15, -0.1) is 0 Å². The molecule has 5 heteroatoms. The van der Waals surface area contributed by atoms with E-state index in [-0.39, 0.29) is 18.6 Å². The van der Waals surface area contributed by atoms with Crippen LogP contribution in [0.15, 0.2) is 42.5 Å². The SMILES string of the molecule is COc1ccc(OCC(=O)N2c3ccc(C)cc3[C@H]3CN(C)CC[C@H]32)cc1. The third kappa shape index (κ3) is 3.39. The average molecular weight is 366 g/mol. The molecule has 0 radical (unpaired) electrons. The van der Waals surface area contributed by atoms with E-state index < -0.39 is 0 Å². The zero-order valence-corrected chi connectivity index (χ0v) is 16.1. The molecule has 1 amide bonds. The Labute approximate surface area is 160 Å². The number of ether oxygens (including phenoxy) is 2. The standard InChI is InChI=1S/C22H26N2O3/c1-15-4-9-20-18(12-15)19-13-23(2)11-10-21(19)24(20)22(25)14-27-17-7-5-16(26-3)6-8-17/h4-9,12,19,21H,10-11,13-14H2,1-3H3/t19-,21-/m1/s1. The summed E-state index contributed by atoms with van der Waals surface area (Å²) in [5, 5.41) is 0. The number of carbonyl (C=O) groups excluding carboxylic acids is 1. The van der Waals surface area contributed by atoms with Crippen molar-refractivity contribution in [2.45, 2.75) is 25.3 Å². The molecule has 2 aliphatic heterocycles. The number of fused-ring (bicyclic) bond motifs is 3. The lowest BCUT2D eigenvalue weighted by Crippen LogP contribution is -2.48. The molecule has 2 aromatic rings. The number of anilines is 1. The average Bonchev–Trinajstić information content (AvgIpc) is 2.99. The van der Waals surface area contributed by atoms with Crippen molar-refractivity contribution in [1.82, 2.24) is 4.90 Å². The molecule has 2 aromatic carbocycles. The molecule has 0 saturated carbocycles. The van der Waals surface area contributed by atoms with E-state index in [1.807, 2.05) is 29.2 Å². The summed E-state index contributed by atoms with van der Waals surface area (Å²) in [4.78, 5) is 17.4. The smallest absolute Gasteiger partial charge is 0.265 e. The number of carbonyl (C=O) groups is 1. The van der Waals surface area contributed by atoms with Crippen molar-refractivity contribution in [2.75, 3.05) is 38.8 Å². The number of methoxy groups -OCH3 is 1. The van der Waals surface area contributed by atoms with Gasteiger partial charge in [-0.2, -0.15) is 0 Å². The van der Waals surface area contributed by atoms with Crippen molar-refractivity contribution in [1.29, 1.82) is 0 Å². The van der Waals surface area contributed by atoms with Crippen LogP contribution in [-0.4, -0.2) is 50.7 Å². The van der Waals surface area contributed by atoms with Gasteiger partial charge in [0.05, 0.1) is 7.11 Å². The van der Waals surface area contributed by atoms with Gasteiger partial charge in [0.15, 0.2) is 6.61 Å². The summed E-state index contributed by atoms with van der Waals surface area (Å²) >= 11 is 0. The number of hydrogen-bond donors (Lipinski definition) is 0. The van der Waals surface area contributed by atoms with Crippen molar-refractivity contribution in [2.24, 2.45) is 0 Å². The van der Waals surface area contributed by atoms with Crippen LogP contribution in [0.3, 0.4) is 0 Å². The second kappa shape index (κ2) is 7.24. The molecule has 1 fully saturated rings. The molecule has 0 aliphatic carbocycles. The van der Waals surface area contributed by atoms with Crippen LogP contribution in [0.5, 0.6) is 11.5 Å². The summed E-state index contributed by atoms with van der Waals surface area (Å²) in [5.41, 5.74) is 3.59. The van der Waals surface area contributed by atoms with E-state index in [9.17, 15) is 4.79 Å². The number of hydrogen-bond acceptors (Lipinski definition) is 4. The minimum Gasteiger partial charge on any atom is -0.497 e. The van der Waals surface area contributed by atoms with Gasteiger partial charge in [0.2, 0.25) is 0 Å². The largest absolute Gasteiger partial charge is 0.497 e. The first-order valence-electron chi connectivity index (χ1n) is 9.45. The highest BCUT2D eigenvalue weighted by molar-refractivity contribution is 5.98. The lowest BCUT2D eigenvalue weighted by Gasteiger charge is -2.36. The maximum atomic E-state index is 13.1. The van der Waals surface area contributed by atoms with E-state index in [0.29, 0.717) is 11.7 Å². The molecule has 0 N–H and O–H groups in total. The normalized spacial score (nSPS) is 21.5. The number of aryl methyl sites for hydroxylation is 1. The van der Waals surface area contributed by atoms with Crippen LogP contribution in [0.1, 0.15) is 23.5 Å². The number of benzene rings is 2. The topological polar surface area (TPSA) is 42.0 Å². The van der Waals surface area contributed by atoms with Crippen LogP contribution in [0, 0.1) is 6.92 Å². The predicted molar refractivity (Wildman–Crippen MR) is 106 cm³/mol. The highest BCUT2D eigenvalue weighted by Crippen LogP contribution is 2.44. The highest BCUT2D eigenvalue weighted by atomic mass is 16.5. The van der Waals surface area contributed by atoms with E-state index in [4.69, 9.17) is 9.47 Å². The summed E-state index contributed by atoms with van der Waals surface area (Å²) in [6.07, 6.45) is 0.989. The van der Waals surface area contributed by atoms with Crippen LogP contribution in [-0.2, 0) is 4.79 Å². The van der Waals surface area contributed by atoms with Crippen LogP contribution in [0.2, 0.25) is 0 Å². The van der Waals surface area contributed by atoms with E-state index >= 15 is 0 Å². The van der Waals surface area contributed by atoms with Gasteiger partial charge in [-0.3, -0.25) is 4.79 Å². The molecule has 2 aliphatic rings. The van der Waals surface area contributed by atoms with Gasteiger partial charge in [0.25, 0.3) is 5.91 Å². The van der Waals surface area contributed by atoms with Gasteiger partial charge in [0, 0.05) is 24.2 Å². The van der Waals surface area contributed by atoms with Crippen molar-refractivity contribution in [3.63, 3.8) is 0 Å². The summed E-state index contributed by atoms with van der Waals surface area (Å²) < 4.78 is 10.9. The Morgan fingerprint density at radius 2 is 1.89 bits per heavy atom. The Bertz CT molecular complexity index is 834. The summed E-state index contributed by atoms with van der Waals surface area (Å²) in [6.45, 7) is 4.15. The molecule has 0 aromatic heterocycles. The molecule has 0 spiro atoms. The van der Waals surface area contributed by atoms with E-state index in [1.165, 1.54) is 11.1 Å². The zero-order valence-electron chi connectivity index (χ0n) is 16.1. The molecule has 142 valence electrons. The first-order valence-corrected chi connectivity index (χ1v) is 9.45.